The lowest BCUT2D eigenvalue weighted by molar-refractivity contribution is 0.0750. The van der Waals surface area contributed by atoms with Crippen LogP contribution in [0.4, 0.5) is 0 Å². The summed E-state index contributed by atoms with van der Waals surface area (Å²) < 4.78 is 0. The Hall–Kier alpha value is -0.120. The van der Waals surface area contributed by atoms with Crippen molar-refractivity contribution in [3.8, 4) is 0 Å². The van der Waals surface area contributed by atoms with Gasteiger partial charge < -0.3 is 10.2 Å². The molecule has 92 valence electrons. The molecule has 0 aliphatic heterocycles. The minimum absolute atomic E-state index is 0.117. The number of unbranched alkanes of at least 4 members (excludes halogenated alkanes) is 2. The van der Waals surface area contributed by atoms with Crippen LogP contribution in [0, 0.1) is 0 Å². The summed E-state index contributed by atoms with van der Waals surface area (Å²) in [4.78, 5) is 2.27. The van der Waals surface area contributed by atoms with E-state index in [1.165, 1.54) is 19.3 Å². The second kappa shape index (κ2) is 9.13. The van der Waals surface area contributed by atoms with Crippen molar-refractivity contribution in [3.05, 3.63) is 0 Å². The normalized spacial score (nSPS) is 15.6. The van der Waals surface area contributed by atoms with Gasteiger partial charge in [-0.3, -0.25) is 4.90 Å². The molecule has 0 amide bonds. The van der Waals surface area contributed by atoms with Crippen LogP contribution in [0.3, 0.4) is 0 Å². The highest BCUT2D eigenvalue weighted by Crippen LogP contribution is 2.09. The monoisotopic (exact) mass is 217 g/mol. The van der Waals surface area contributed by atoms with Crippen LogP contribution in [0.5, 0.6) is 0 Å². The van der Waals surface area contributed by atoms with Crippen molar-refractivity contribution in [2.24, 2.45) is 0 Å². The lowest BCUT2D eigenvalue weighted by Crippen LogP contribution is -2.40. The Kier molecular flexibility index (Phi) is 9.06. The molecule has 0 aromatic rings. The van der Waals surface area contributed by atoms with E-state index >= 15 is 0 Å². The summed E-state index contributed by atoms with van der Waals surface area (Å²) in [5, 5.41) is 18.6. The van der Waals surface area contributed by atoms with Crippen molar-refractivity contribution in [3.63, 3.8) is 0 Å². The summed E-state index contributed by atoms with van der Waals surface area (Å²) in [6.45, 7) is 8.20. The predicted molar refractivity (Wildman–Crippen MR) is 63.9 cm³/mol. The second-order valence-corrected chi connectivity index (χ2v) is 4.26. The third-order valence-electron chi connectivity index (χ3n) is 2.80. The van der Waals surface area contributed by atoms with Gasteiger partial charge in [-0.2, -0.15) is 0 Å². The van der Waals surface area contributed by atoms with Crippen molar-refractivity contribution in [1.29, 1.82) is 0 Å². The molecule has 0 aromatic carbocycles. The number of aliphatic hydroxyl groups is 2. The topological polar surface area (TPSA) is 43.7 Å². The first kappa shape index (κ1) is 14.9. The summed E-state index contributed by atoms with van der Waals surface area (Å²) in [6, 6.07) is 0.117. The van der Waals surface area contributed by atoms with Crippen LogP contribution < -0.4 is 0 Å². The van der Waals surface area contributed by atoms with E-state index in [9.17, 15) is 10.2 Å². The maximum Gasteiger partial charge on any atom is 0.0587 e. The van der Waals surface area contributed by atoms with Gasteiger partial charge >= 0.3 is 0 Å². The van der Waals surface area contributed by atoms with Gasteiger partial charge in [0.1, 0.15) is 0 Å². The third kappa shape index (κ3) is 6.88. The number of nitrogens with zero attached hydrogens (tertiary/aromatic N) is 1. The first-order valence-electron chi connectivity index (χ1n) is 6.18. The van der Waals surface area contributed by atoms with Crippen LogP contribution in [-0.2, 0) is 0 Å². The fraction of sp³-hybridized carbons (Fsp3) is 1.00. The van der Waals surface area contributed by atoms with E-state index in [0.717, 1.165) is 13.1 Å². The molecule has 3 heteroatoms. The van der Waals surface area contributed by atoms with E-state index < -0.39 is 0 Å². The van der Waals surface area contributed by atoms with Crippen molar-refractivity contribution in [2.45, 2.75) is 58.6 Å². The van der Waals surface area contributed by atoms with Gasteiger partial charge in [0.2, 0.25) is 0 Å². The molecule has 0 fully saturated rings. The van der Waals surface area contributed by atoms with Gasteiger partial charge in [0.25, 0.3) is 0 Å². The first-order chi connectivity index (χ1) is 7.15. The number of hydrogen-bond acceptors (Lipinski definition) is 3. The molecule has 3 nitrogen and oxygen atoms in total. The fourth-order valence-corrected chi connectivity index (χ4v) is 1.90. The highest BCUT2D eigenvalue weighted by molar-refractivity contribution is 4.72. The summed E-state index contributed by atoms with van der Waals surface area (Å²) in [7, 11) is 0. The van der Waals surface area contributed by atoms with Crippen LogP contribution in [-0.4, -0.2) is 47.0 Å². The van der Waals surface area contributed by atoms with Gasteiger partial charge in [-0.1, -0.05) is 26.7 Å². The SMILES string of the molecule is CCCCCN(CC)C(CO)C[C@H](C)O. The predicted octanol–water partition coefficient (Wildman–Crippen LogP) is 1.63. The molecule has 0 radical (unpaired) electrons. The van der Waals surface area contributed by atoms with Crippen LogP contribution >= 0.6 is 0 Å². The maximum atomic E-state index is 9.33. The van der Waals surface area contributed by atoms with Crippen LogP contribution in [0.2, 0.25) is 0 Å². The van der Waals surface area contributed by atoms with Gasteiger partial charge in [0, 0.05) is 6.04 Å². The quantitative estimate of drug-likeness (QED) is 0.577. The molecule has 15 heavy (non-hydrogen) atoms. The van der Waals surface area contributed by atoms with Crippen LogP contribution in [0.25, 0.3) is 0 Å². The van der Waals surface area contributed by atoms with E-state index in [2.05, 4.69) is 18.7 Å². The molecule has 0 aliphatic rings. The molecule has 0 aliphatic carbocycles. The van der Waals surface area contributed by atoms with Gasteiger partial charge in [-0.15, -0.1) is 0 Å². The molecule has 0 heterocycles. The molecule has 2 N–H and O–H groups in total. The highest BCUT2D eigenvalue weighted by Gasteiger charge is 2.17. The fourth-order valence-electron chi connectivity index (χ4n) is 1.90. The van der Waals surface area contributed by atoms with Gasteiger partial charge in [-0.05, 0) is 32.9 Å². The number of aliphatic hydroxyl groups excluding tert-OH is 2. The minimum atomic E-state index is -0.331. The standard InChI is InChI=1S/C12H27NO2/c1-4-6-7-8-13(5-2)12(10-14)9-11(3)15/h11-12,14-15H,4-10H2,1-3H3/t11-,12?/m0/s1. The third-order valence-corrected chi connectivity index (χ3v) is 2.80. The summed E-state index contributed by atoms with van der Waals surface area (Å²) in [6.07, 6.45) is 3.97. The average molecular weight is 217 g/mol. The van der Waals surface area contributed by atoms with E-state index in [1.807, 2.05) is 0 Å². The second-order valence-electron chi connectivity index (χ2n) is 4.26. The van der Waals surface area contributed by atoms with E-state index in [4.69, 9.17) is 0 Å². The average Bonchev–Trinajstić information content (AvgIpc) is 2.21. The Morgan fingerprint density at radius 2 is 1.87 bits per heavy atom. The Morgan fingerprint density at radius 1 is 1.20 bits per heavy atom. The highest BCUT2D eigenvalue weighted by atomic mass is 16.3. The largest absolute Gasteiger partial charge is 0.395 e. The lowest BCUT2D eigenvalue weighted by atomic mass is 10.1. The Balaban J connectivity index is 3.96. The summed E-state index contributed by atoms with van der Waals surface area (Å²) in [5.74, 6) is 0. The Morgan fingerprint density at radius 3 is 2.27 bits per heavy atom. The maximum absolute atomic E-state index is 9.33. The molecule has 2 atom stereocenters. The Labute approximate surface area is 94.1 Å². The Bertz CT molecular complexity index is 140. The van der Waals surface area contributed by atoms with Gasteiger partial charge in [0.05, 0.1) is 12.7 Å². The smallest absolute Gasteiger partial charge is 0.0587 e. The molecule has 0 saturated heterocycles. The molecule has 0 saturated carbocycles. The summed E-state index contributed by atoms with van der Waals surface area (Å²) in [5.41, 5.74) is 0. The van der Waals surface area contributed by atoms with Gasteiger partial charge in [-0.25, -0.2) is 0 Å². The van der Waals surface area contributed by atoms with Crippen LogP contribution in [0.1, 0.15) is 46.5 Å². The van der Waals surface area contributed by atoms with E-state index in [0.29, 0.717) is 6.42 Å². The lowest BCUT2D eigenvalue weighted by Gasteiger charge is -2.30. The van der Waals surface area contributed by atoms with Crippen molar-refractivity contribution in [1.82, 2.24) is 4.90 Å². The molecule has 0 spiro atoms. The zero-order valence-corrected chi connectivity index (χ0v) is 10.4. The van der Waals surface area contributed by atoms with Crippen molar-refractivity contribution >= 4 is 0 Å². The zero-order chi connectivity index (χ0) is 11.7. The minimum Gasteiger partial charge on any atom is -0.395 e. The van der Waals surface area contributed by atoms with E-state index in [-0.39, 0.29) is 18.8 Å². The van der Waals surface area contributed by atoms with Crippen LogP contribution in [0.15, 0.2) is 0 Å². The zero-order valence-electron chi connectivity index (χ0n) is 10.4. The summed E-state index contributed by atoms with van der Waals surface area (Å²) >= 11 is 0. The van der Waals surface area contributed by atoms with Crippen molar-refractivity contribution < 1.29 is 10.2 Å². The molecular weight excluding hydrogens is 190 g/mol. The number of likely N-dealkylation sites (N-methyl/N-ethyl adjacent to an activating group) is 1. The molecule has 0 rings (SSSR count). The molecule has 1 unspecified atom stereocenters. The van der Waals surface area contributed by atoms with Crippen molar-refractivity contribution in [2.75, 3.05) is 19.7 Å². The molecule has 0 bridgehead atoms. The van der Waals surface area contributed by atoms with Gasteiger partial charge in [0.15, 0.2) is 0 Å². The number of hydrogen-bond donors (Lipinski definition) is 2. The number of rotatable bonds is 9. The molecular formula is C12H27NO2. The molecule has 0 aromatic heterocycles. The van der Waals surface area contributed by atoms with E-state index in [1.54, 1.807) is 6.92 Å². The first-order valence-corrected chi connectivity index (χ1v) is 6.18.